The summed E-state index contributed by atoms with van der Waals surface area (Å²) in [5.41, 5.74) is 2.81. The summed E-state index contributed by atoms with van der Waals surface area (Å²) in [7, 11) is 0. The van der Waals surface area contributed by atoms with Crippen LogP contribution in [0.2, 0.25) is 0 Å². The number of rotatable bonds is 5. The highest BCUT2D eigenvalue weighted by Crippen LogP contribution is 2.22. The molecule has 18 heavy (non-hydrogen) atoms. The van der Waals surface area contributed by atoms with Crippen molar-refractivity contribution in [2.24, 2.45) is 0 Å². The van der Waals surface area contributed by atoms with Crippen LogP contribution in [-0.2, 0) is 0 Å². The molecule has 1 unspecified atom stereocenters. The minimum Gasteiger partial charge on any atom is -0.479 e. The fraction of sp³-hybridized carbons (Fsp3) is 0.250. The van der Waals surface area contributed by atoms with Gasteiger partial charge in [0.1, 0.15) is 17.3 Å². The van der Waals surface area contributed by atoms with Crippen LogP contribution in [0, 0.1) is 11.3 Å². The molecule has 5 nitrogen and oxygen atoms in total. The fourth-order valence-corrected chi connectivity index (χ4v) is 2.01. The minimum atomic E-state index is 0.0674. The Morgan fingerprint density at radius 2 is 2.22 bits per heavy atom. The van der Waals surface area contributed by atoms with Gasteiger partial charge < -0.3 is 10.1 Å². The van der Waals surface area contributed by atoms with Crippen molar-refractivity contribution in [2.75, 3.05) is 11.9 Å². The Morgan fingerprint density at radius 3 is 2.83 bits per heavy atom. The van der Waals surface area contributed by atoms with Crippen molar-refractivity contribution in [2.45, 2.75) is 13.0 Å². The van der Waals surface area contributed by atoms with Gasteiger partial charge in [-0.3, -0.25) is 0 Å². The average Bonchev–Trinajstić information content (AvgIpc) is 2.89. The summed E-state index contributed by atoms with van der Waals surface area (Å²) in [5, 5.41) is 20.2. The van der Waals surface area contributed by atoms with E-state index in [4.69, 9.17) is 10.00 Å². The molecule has 2 aromatic rings. The van der Waals surface area contributed by atoms with E-state index in [-0.39, 0.29) is 12.6 Å². The maximum atomic E-state index is 8.42. The van der Waals surface area contributed by atoms with Gasteiger partial charge in [-0.2, -0.15) is 5.26 Å². The summed E-state index contributed by atoms with van der Waals surface area (Å²) < 4.78 is 5.19. The van der Waals surface area contributed by atoms with E-state index >= 15 is 0 Å². The molecule has 0 aliphatic rings. The Hall–Kier alpha value is -2.13. The first-order valence-corrected chi connectivity index (χ1v) is 6.30. The van der Waals surface area contributed by atoms with Crippen LogP contribution < -0.4 is 10.1 Å². The van der Waals surface area contributed by atoms with Gasteiger partial charge in [-0.25, -0.2) is 0 Å². The SMILES string of the molecule is CC(Nc1nncs1)c1ccc(OCC#N)cc1. The standard InChI is InChI=1S/C12H12N4OS/c1-9(15-12-16-14-8-18-12)10-2-4-11(5-3-10)17-7-6-13/h2-5,8-9H,7H2,1H3,(H,15,16). The molecule has 0 aliphatic carbocycles. The zero-order valence-corrected chi connectivity index (χ0v) is 10.6. The van der Waals surface area contributed by atoms with Crippen LogP contribution in [0.1, 0.15) is 18.5 Å². The van der Waals surface area contributed by atoms with Crippen LogP contribution in [0.3, 0.4) is 0 Å². The molecular weight excluding hydrogens is 248 g/mol. The molecule has 0 fully saturated rings. The van der Waals surface area contributed by atoms with Gasteiger partial charge >= 0.3 is 0 Å². The van der Waals surface area contributed by atoms with E-state index in [9.17, 15) is 0 Å². The van der Waals surface area contributed by atoms with Gasteiger partial charge in [0.15, 0.2) is 6.61 Å². The van der Waals surface area contributed by atoms with Gasteiger partial charge in [-0.1, -0.05) is 23.5 Å². The Balaban J connectivity index is 1.98. The highest BCUT2D eigenvalue weighted by atomic mass is 32.1. The molecule has 0 saturated heterocycles. The molecule has 0 saturated carbocycles. The summed E-state index contributed by atoms with van der Waals surface area (Å²) in [6.45, 7) is 2.12. The molecule has 92 valence electrons. The van der Waals surface area contributed by atoms with Gasteiger partial charge in [-0.05, 0) is 24.6 Å². The number of nitriles is 1. The first-order chi connectivity index (χ1) is 8.79. The van der Waals surface area contributed by atoms with Crippen LogP contribution in [0.15, 0.2) is 29.8 Å². The van der Waals surface area contributed by atoms with Crippen LogP contribution in [0.4, 0.5) is 5.13 Å². The molecule has 1 atom stereocenters. The predicted molar refractivity (Wildman–Crippen MR) is 69.5 cm³/mol. The van der Waals surface area contributed by atoms with Gasteiger partial charge in [0.25, 0.3) is 0 Å². The van der Waals surface area contributed by atoms with Crippen LogP contribution in [-0.4, -0.2) is 16.8 Å². The largest absolute Gasteiger partial charge is 0.479 e. The zero-order chi connectivity index (χ0) is 12.8. The first-order valence-electron chi connectivity index (χ1n) is 5.42. The molecular formula is C12H12N4OS. The van der Waals surface area contributed by atoms with Crippen molar-refractivity contribution in [3.05, 3.63) is 35.3 Å². The van der Waals surface area contributed by atoms with E-state index < -0.39 is 0 Å². The van der Waals surface area contributed by atoms with Crippen molar-refractivity contribution < 1.29 is 4.74 Å². The van der Waals surface area contributed by atoms with Crippen molar-refractivity contribution in [3.8, 4) is 11.8 Å². The second-order valence-corrected chi connectivity index (χ2v) is 4.46. The molecule has 1 heterocycles. The lowest BCUT2D eigenvalue weighted by atomic mass is 10.1. The molecule has 0 aliphatic heterocycles. The van der Waals surface area contributed by atoms with Crippen molar-refractivity contribution in [1.29, 1.82) is 5.26 Å². The van der Waals surface area contributed by atoms with Crippen molar-refractivity contribution in [1.82, 2.24) is 10.2 Å². The summed E-state index contributed by atoms with van der Waals surface area (Å²) >= 11 is 1.47. The van der Waals surface area contributed by atoms with Crippen LogP contribution in [0.25, 0.3) is 0 Å². The lowest BCUT2D eigenvalue weighted by Crippen LogP contribution is -2.06. The molecule has 1 aromatic heterocycles. The number of benzene rings is 1. The Morgan fingerprint density at radius 1 is 1.44 bits per heavy atom. The molecule has 1 aromatic carbocycles. The van der Waals surface area contributed by atoms with Crippen LogP contribution >= 0.6 is 11.3 Å². The third kappa shape index (κ3) is 3.18. The topological polar surface area (TPSA) is 70.8 Å². The normalized spacial score (nSPS) is 11.6. The number of nitrogens with zero attached hydrogens (tertiary/aromatic N) is 3. The average molecular weight is 260 g/mol. The molecule has 0 radical (unpaired) electrons. The number of hydrogen-bond acceptors (Lipinski definition) is 6. The summed E-state index contributed by atoms with van der Waals surface area (Å²) in [6, 6.07) is 9.71. The van der Waals surface area contributed by atoms with Crippen LogP contribution in [0.5, 0.6) is 5.75 Å². The lowest BCUT2D eigenvalue weighted by molar-refractivity contribution is 0.368. The van der Waals surface area contributed by atoms with E-state index in [2.05, 4.69) is 15.5 Å². The maximum absolute atomic E-state index is 8.42. The number of hydrogen-bond donors (Lipinski definition) is 1. The fourth-order valence-electron chi connectivity index (χ4n) is 1.47. The van der Waals surface area contributed by atoms with Gasteiger partial charge in [-0.15, -0.1) is 10.2 Å². The lowest BCUT2D eigenvalue weighted by Gasteiger charge is -2.13. The first kappa shape index (κ1) is 12.3. The third-order valence-corrected chi connectivity index (χ3v) is 3.01. The maximum Gasteiger partial charge on any atom is 0.205 e. The summed E-state index contributed by atoms with van der Waals surface area (Å²) in [4.78, 5) is 0. The zero-order valence-electron chi connectivity index (χ0n) is 9.83. The van der Waals surface area contributed by atoms with Crippen molar-refractivity contribution >= 4 is 16.5 Å². The van der Waals surface area contributed by atoms with Gasteiger partial charge in [0, 0.05) is 0 Å². The van der Waals surface area contributed by atoms with E-state index in [0.29, 0.717) is 5.75 Å². The molecule has 0 spiro atoms. The molecule has 6 heteroatoms. The number of aromatic nitrogens is 2. The number of nitrogens with one attached hydrogen (secondary N) is 1. The second kappa shape index (κ2) is 5.98. The molecule has 2 rings (SSSR count). The summed E-state index contributed by atoms with van der Waals surface area (Å²) in [5.74, 6) is 0.698. The predicted octanol–water partition coefficient (Wildman–Crippen LogP) is 2.61. The van der Waals surface area contributed by atoms with E-state index in [0.717, 1.165) is 10.7 Å². The van der Waals surface area contributed by atoms with Gasteiger partial charge in [0.05, 0.1) is 6.04 Å². The summed E-state index contributed by atoms with van der Waals surface area (Å²) in [6.07, 6.45) is 0. The smallest absolute Gasteiger partial charge is 0.205 e. The van der Waals surface area contributed by atoms with Gasteiger partial charge in [0.2, 0.25) is 5.13 Å². The van der Waals surface area contributed by atoms with E-state index in [1.165, 1.54) is 11.3 Å². The number of ether oxygens (including phenoxy) is 1. The van der Waals surface area contributed by atoms with E-state index in [1.54, 1.807) is 5.51 Å². The van der Waals surface area contributed by atoms with Crippen molar-refractivity contribution in [3.63, 3.8) is 0 Å². The second-order valence-electron chi connectivity index (χ2n) is 3.63. The third-order valence-electron chi connectivity index (χ3n) is 2.38. The highest BCUT2D eigenvalue weighted by Gasteiger charge is 2.07. The van der Waals surface area contributed by atoms with E-state index in [1.807, 2.05) is 37.3 Å². The monoisotopic (exact) mass is 260 g/mol. The minimum absolute atomic E-state index is 0.0674. The Labute approximate surface area is 109 Å². The number of anilines is 1. The molecule has 1 N–H and O–H groups in total. The quantitative estimate of drug-likeness (QED) is 0.894. The Bertz CT molecular complexity index is 518. The Kier molecular flexibility index (Phi) is 4.10. The highest BCUT2D eigenvalue weighted by molar-refractivity contribution is 7.13. The molecule has 0 bridgehead atoms. The molecule has 0 amide bonds.